The second kappa shape index (κ2) is 6.91. The van der Waals surface area contributed by atoms with Crippen LogP contribution in [0.3, 0.4) is 0 Å². The lowest BCUT2D eigenvalue weighted by Gasteiger charge is -2.11. The molecular weight excluding hydrogens is 382 g/mol. The van der Waals surface area contributed by atoms with Gasteiger partial charge in [-0.15, -0.1) is 0 Å². The first-order valence-electron chi connectivity index (χ1n) is 9.51. The van der Waals surface area contributed by atoms with Crippen LogP contribution < -0.4 is 0 Å². The van der Waals surface area contributed by atoms with Crippen LogP contribution in [0.1, 0.15) is 5.56 Å². The second-order valence-corrected chi connectivity index (χ2v) is 7.40. The Morgan fingerprint density at radius 2 is 1.73 bits per heavy atom. The molecule has 2 heterocycles. The Labute approximate surface area is 172 Å². The molecule has 148 valence electrons. The number of imidazole rings is 1. The van der Waals surface area contributed by atoms with Gasteiger partial charge in [0.25, 0.3) is 0 Å². The highest BCUT2D eigenvalue weighted by Crippen LogP contribution is 2.30. The smallest absolute Gasteiger partial charge is 0.133 e. The van der Waals surface area contributed by atoms with Crippen molar-refractivity contribution >= 4 is 11.0 Å². The molecule has 2 aromatic heterocycles. The van der Waals surface area contributed by atoms with E-state index in [2.05, 4.69) is 10.1 Å². The molecule has 4 nitrogen and oxygen atoms in total. The van der Waals surface area contributed by atoms with Gasteiger partial charge in [0, 0.05) is 36.1 Å². The Morgan fingerprint density at radius 3 is 2.50 bits per heavy atom. The summed E-state index contributed by atoms with van der Waals surface area (Å²) in [5.74, 6) is -1.17. The van der Waals surface area contributed by atoms with Crippen molar-refractivity contribution in [2.24, 2.45) is 7.05 Å². The van der Waals surface area contributed by atoms with Crippen LogP contribution in [0.2, 0.25) is 0 Å². The third-order valence-electron chi connectivity index (χ3n) is 5.17. The Kier molecular flexibility index (Phi) is 4.20. The molecule has 0 atom stereocenters. The van der Waals surface area contributed by atoms with E-state index >= 15 is 0 Å². The Balaban J connectivity index is 1.61. The molecule has 0 spiro atoms. The lowest BCUT2D eigenvalue weighted by molar-refractivity contribution is 0.585. The molecule has 0 saturated carbocycles. The lowest BCUT2D eigenvalue weighted by atomic mass is 10.0. The maximum absolute atomic E-state index is 14.3. The molecule has 0 N–H and O–H groups in total. The third kappa shape index (κ3) is 3.16. The summed E-state index contributed by atoms with van der Waals surface area (Å²) in [6.07, 6.45) is 5.54. The Morgan fingerprint density at radius 1 is 0.867 bits per heavy atom. The highest BCUT2D eigenvalue weighted by atomic mass is 19.1. The molecule has 0 saturated heterocycles. The van der Waals surface area contributed by atoms with Gasteiger partial charge in [0.15, 0.2) is 0 Å². The van der Waals surface area contributed by atoms with Crippen LogP contribution in [0.5, 0.6) is 0 Å². The number of fused-ring (bicyclic) bond motifs is 1. The van der Waals surface area contributed by atoms with E-state index in [4.69, 9.17) is 0 Å². The molecule has 0 amide bonds. The Bertz CT molecular complexity index is 1400. The monoisotopic (exact) mass is 400 g/mol. The summed E-state index contributed by atoms with van der Waals surface area (Å²) in [5.41, 5.74) is 6.76. The number of benzene rings is 3. The van der Waals surface area contributed by atoms with Crippen LogP contribution in [-0.2, 0) is 7.05 Å². The van der Waals surface area contributed by atoms with Crippen molar-refractivity contribution in [1.29, 1.82) is 0 Å². The molecule has 0 aliphatic carbocycles. The van der Waals surface area contributed by atoms with Crippen molar-refractivity contribution in [1.82, 2.24) is 19.3 Å². The van der Waals surface area contributed by atoms with E-state index < -0.39 is 11.6 Å². The number of rotatable bonds is 3. The minimum atomic E-state index is -0.589. The normalized spacial score (nSPS) is 11.3. The fourth-order valence-corrected chi connectivity index (χ4v) is 3.75. The minimum Gasteiger partial charge on any atom is -0.299 e. The van der Waals surface area contributed by atoms with Crippen molar-refractivity contribution in [2.45, 2.75) is 6.92 Å². The highest BCUT2D eigenvalue weighted by Gasteiger charge is 2.12. The molecule has 5 aromatic rings. The fraction of sp³-hybridized carbons (Fsp3) is 0.0833. The first kappa shape index (κ1) is 18.2. The quantitative estimate of drug-likeness (QED) is 0.391. The summed E-state index contributed by atoms with van der Waals surface area (Å²) in [6, 6.07) is 15.5. The molecule has 30 heavy (non-hydrogen) atoms. The van der Waals surface area contributed by atoms with Gasteiger partial charge in [-0.05, 0) is 60.0 Å². The van der Waals surface area contributed by atoms with Crippen LogP contribution in [0.15, 0.2) is 73.3 Å². The standard InChI is InChI=1S/C24H18F2N4/c1-15-7-17(21-5-4-19(25)11-22(21)26)9-20(8-15)30-14-27-23-10-16(3-6-24(23)30)18-12-28-29(2)13-18/h3-14H,1-2H3. The molecule has 0 fully saturated rings. The van der Waals surface area contributed by atoms with E-state index in [1.807, 2.05) is 67.3 Å². The average Bonchev–Trinajstić information content (AvgIpc) is 3.33. The van der Waals surface area contributed by atoms with Crippen molar-refractivity contribution in [3.05, 3.63) is 90.5 Å². The first-order valence-corrected chi connectivity index (χ1v) is 9.51. The van der Waals surface area contributed by atoms with Gasteiger partial charge in [0.2, 0.25) is 0 Å². The predicted molar refractivity (Wildman–Crippen MR) is 113 cm³/mol. The number of aromatic nitrogens is 4. The number of hydrogen-bond donors (Lipinski definition) is 0. The zero-order valence-electron chi connectivity index (χ0n) is 16.5. The average molecular weight is 400 g/mol. The minimum absolute atomic E-state index is 0.365. The molecule has 0 unspecified atom stereocenters. The summed E-state index contributed by atoms with van der Waals surface area (Å²) in [4.78, 5) is 4.56. The van der Waals surface area contributed by atoms with E-state index in [9.17, 15) is 8.78 Å². The Hall–Kier alpha value is -3.80. The summed E-state index contributed by atoms with van der Waals surface area (Å²) in [6.45, 7) is 1.95. The topological polar surface area (TPSA) is 35.6 Å². The molecule has 0 aliphatic rings. The third-order valence-corrected chi connectivity index (χ3v) is 5.17. The van der Waals surface area contributed by atoms with Crippen molar-refractivity contribution < 1.29 is 8.78 Å². The van der Waals surface area contributed by atoms with Gasteiger partial charge in [0.1, 0.15) is 18.0 Å². The zero-order valence-corrected chi connectivity index (χ0v) is 16.5. The number of nitrogens with zero attached hydrogens (tertiary/aromatic N) is 4. The lowest BCUT2D eigenvalue weighted by Crippen LogP contribution is -1.95. The van der Waals surface area contributed by atoms with Gasteiger partial charge < -0.3 is 0 Å². The van der Waals surface area contributed by atoms with Crippen molar-refractivity contribution in [3.63, 3.8) is 0 Å². The number of halogens is 2. The van der Waals surface area contributed by atoms with Crippen LogP contribution >= 0.6 is 0 Å². The van der Waals surface area contributed by atoms with Crippen LogP contribution in [0, 0.1) is 18.6 Å². The summed E-state index contributed by atoms with van der Waals surface area (Å²) < 4.78 is 31.4. The van der Waals surface area contributed by atoms with Gasteiger partial charge in [-0.25, -0.2) is 13.8 Å². The molecule has 3 aromatic carbocycles. The van der Waals surface area contributed by atoms with Crippen molar-refractivity contribution in [2.75, 3.05) is 0 Å². The maximum Gasteiger partial charge on any atom is 0.133 e. The highest BCUT2D eigenvalue weighted by molar-refractivity contribution is 5.83. The summed E-state index contributed by atoms with van der Waals surface area (Å²) in [7, 11) is 1.88. The van der Waals surface area contributed by atoms with Gasteiger partial charge in [-0.1, -0.05) is 12.1 Å². The molecule has 0 radical (unpaired) electrons. The molecule has 0 aliphatic heterocycles. The van der Waals surface area contributed by atoms with Crippen LogP contribution in [0.25, 0.3) is 39.0 Å². The largest absolute Gasteiger partial charge is 0.299 e. The predicted octanol–water partition coefficient (Wildman–Crippen LogP) is 5.68. The van der Waals surface area contributed by atoms with E-state index in [0.717, 1.165) is 39.5 Å². The SMILES string of the molecule is Cc1cc(-c2ccc(F)cc2F)cc(-n2cnc3cc(-c4cnn(C)c4)ccc32)c1. The van der Waals surface area contributed by atoms with Crippen LogP contribution in [0.4, 0.5) is 8.78 Å². The zero-order chi connectivity index (χ0) is 20.8. The van der Waals surface area contributed by atoms with Gasteiger partial charge in [-0.2, -0.15) is 5.10 Å². The van der Waals surface area contributed by atoms with Gasteiger partial charge in [0.05, 0.1) is 17.2 Å². The van der Waals surface area contributed by atoms with Crippen LogP contribution in [-0.4, -0.2) is 19.3 Å². The molecular formula is C24H18F2N4. The van der Waals surface area contributed by atoms with E-state index in [1.165, 1.54) is 12.1 Å². The maximum atomic E-state index is 14.3. The van der Waals surface area contributed by atoms with Gasteiger partial charge >= 0.3 is 0 Å². The number of hydrogen-bond acceptors (Lipinski definition) is 2. The van der Waals surface area contributed by atoms with Crippen molar-refractivity contribution in [3.8, 4) is 27.9 Å². The molecule has 5 rings (SSSR count). The van der Waals surface area contributed by atoms with E-state index in [-0.39, 0.29) is 0 Å². The first-order chi connectivity index (χ1) is 14.5. The van der Waals surface area contributed by atoms with E-state index in [0.29, 0.717) is 11.1 Å². The fourth-order valence-electron chi connectivity index (χ4n) is 3.75. The molecule has 6 heteroatoms. The van der Waals surface area contributed by atoms with Gasteiger partial charge in [-0.3, -0.25) is 9.25 Å². The van der Waals surface area contributed by atoms with E-state index in [1.54, 1.807) is 11.0 Å². The molecule has 0 bridgehead atoms. The number of aryl methyl sites for hydroxylation is 2. The summed E-state index contributed by atoms with van der Waals surface area (Å²) in [5, 5.41) is 4.22. The second-order valence-electron chi connectivity index (χ2n) is 7.40. The summed E-state index contributed by atoms with van der Waals surface area (Å²) >= 11 is 0.